The van der Waals surface area contributed by atoms with Crippen molar-refractivity contribution in [2.75, 3.05) is 6.54 Å². The van der Waals surface area contributed by atoms with Gasteiger partial charge in [0, 0.05) is 18.7 Å². The molecule has 1 N–H and O–H groups in total. The summed E-state index contributed by atoms with van der Waals surface area (Å²) in [6.45, 7) is 3.68. The van der Waals surface area contributed by atoms with Crippen LogP contribution in [0.4, 0.5) is 0 Å². The van der Waals surface area contributed by atoms with Crippen LogP contribution in [-0.2, 0) is 20.6 Å². The van der Waals surface area contributed by atoms with Gasteiger partial charge in [-0.2, -0.15) is 4.31 Å². The number of carboxylic acids is 1. The van der Waals surface area contributed by atoms with E-state index in [1.54, 1.807) is 19.9 Å². The lowest BCUT2D eigenvalue weighted by Gasteiger charge is -2.36. The third-order valence-electron chi connectivity index (χ3n) is 3.61. The fourth-order valence-electron chi connectivity index (χ4n) is 2.59. The first-order valence-corrected chi connectivity index (χ1v) is 8.06. The van der Waals surface area contributed by atoms with Crippen LogP contribution < -0.4 is 0 Å². The highest BCUT2D eigenvalue weighted by atomic mass is 32.2. The first-order chi connectivity index (χ1) is 9.31. The second kappa shape index (κ2) is 5.53. The topological polar surface area (TPSA) is 101 Å². The standard InChI is InChI=1S/C12H18N2O5S/c1-8-6-10(13-19-8)7-20(17,18)14-5-3-4-11(9(14)2)12(15)16/h6,9,11H,3-5,7H2,1-2H3,(H,15,16)/t9-,11-/m1/s1. The summed E-state index contributed by atoms with van der Waals surface area (Å²) in [5, 5.41) is 12.8. The second-order valence-corrected chi connectivity index (χ2v) is 7.04. The first-order valence-electron chi connectivity index (χ1n) is 6.46. The number of aryl methyl sites for hydroxylation is 1. The molecule has 1 aromatic heterocycles. The van der Waals surface area contributed by atoms with Crippen molar-refractivity contribution in [3.63, 3.8) is 0 Å². The third kappa shape index (κ3) is 3.01. The summed E-state index contributed by atoms with van der Waals surface area (Å²) < 4.78 is 30.9. The van der Waals surface area contributed by atoms with Gasteiger partial charge in [0.15, 0.2) is 0 Å². The Kier molecular flexibility index (Phi) is 4.14. The molecule has 1 saturated heterocycles. The number of aromatic nitrogens is 1. The van der Waals surface area contributed by atoms with E-state index in [2.05, 4.69) is 5.16 Å². The molecule has 0 saturated carbocycles. The minimum absolute atomic E-state index is 0.263. The first kappa shape index (κ1) is 15.0. The summed E-state index contributed by atoms with van der Waals surface area (Å²) in [5.74, 6) is -1.32. The summed E-state index contributed by atoms with van der Waals surface area (Å²) in [4.78, 5) is 11.2. The molecule has 0 radical (unpaired) electrons. The van der Waals surface area contributed by atoms with Gasteiger partial charge in [0.1, 0.15) is 17.2 Å². The lowest BCUT2D eigenvalue weighted by Crippen LogP contribution is -2.49. The number of hydrogen-bond acceptors (Lipinski definition) is 5. The maximum absolute atomic E-state index is 12.4. The van der Waals surface area contributed by atoms with Crippen molar-refractivity contribution in [3.8, 4) is 0 Å². The maximum atomic E-state index is 12.4. The van der Waals surface area contributed by atoms with E-state index in [0.29, 0.717) is 30.8 Å². The Morgan fingerprint density at radius 2 is 2.30 bits per heavy atom. The lowest BCUT2D eigenvalue weighted by molar-refractivity contribution is -0.144. The number of hydrogen-bond donors (Lipinski definition) is 1. The van der Waals surface area contributed by atoms with E-state index in [1.165, 1.54) is 4.31 Å². The largest absolute Gasteiger partial charge is 0.481 e. The molecule has 1 aliphatic rings. The minimum atomic E-state index is -3.59. The van der Waals surface area contributed by atoms with E-state index in [-0.39, 0.29) is 5.75 Å². The molecule has 0 aliphatic carbocycles. The maximum Gasteiger partial charge on any atom is 0.308 e. The molecular weight excluding hydrogens is 284 g/mol. The van der Waals surface area contributed by atoms with Gasteiger partial charge >= 0.3 is 5.97 Å². The number of carboxylic acid groups (broad SMARTS) is 1. The summed E-state index contributed by atoms with van der Waals surface area (Å²) >= 11 is 0. The number of carbonyl (C=O) groups is 1. The van der Waals surface area contributed by atoms with E-state index < -0.39 is 28.0 Å². The molecular formula is C12H18N2O5S. The highest BCUT2D eigenvalue weighted by Crippen LogP contribution is 2.27. The Morgan fingerprint density at radius 1 is 1.60 bits per heavy atom. The molecule has 7 nitrogen and oxygen atoms in total. The van der Waals surface area contributed by atoms with Crippen molar-refractivity contribution in [2.24, 2.45) is 5.92 Å². The molecule has 0 bridgehead atoms. The van der Waals surface area contributed by atoms with Gasteiger partial charge in [-0.1, -0.05) is 5.16 Å². The van der Waals surface area contributed by atoms with Crippen LogP contribution in [0.15, 0.2) is 10.6 Å². The van der Waals surface area contributed by atoms with E-state index >= 15 is 0 Å². The van der Waals surface area contributed by atoms with Crippen LogP contribution in [0.2, 0.25) is 0 Å². The molecule has 0 amide bonds. The van der Waals surface area contributed by atoms with Crippen molar-refractivity contribution in [1.29, 1.82) is 0 Å². The lowest BCUT2D eigenvalue weighted by atomic mass is 9.92. The highest BCUT2D eigenvalue weighted by molar-refractivity contribution is 7.88. The zero-order valence-corrected chi connectivity index (χ0v) is 12.3. The average molecular weight is 302 g/mol. The molecule has 0 unspecified atom stereocenters. The van der Waals surface area contributed by atoms with E-state index in [1.807, 2.05) is 0 Å². The molecule has 0 aromatic carbocycles. The molecule has 1 fully saturated rings. The molecule has 0 spiro atoms. The van der Waals surface area contributed by atoms with Gasteiger partial charge in [-0.25, -0.2) is 8.42 Å². The number of rotatable bonds is 4. The fraction of sp³-hybridized carbons (Fsp3) is 0.667. The zero-order valence-electron chi connectivity index (χ0n) is 11.4. The predicted octanol–water partition coefficient (Wildman–Crippen LogP) is 0.998. The molecule has 8 heteroatoms. The Morgan fingerprint density at radius 3 is 2.85 bits per heavy atom. The number of sulfonamides is 1. The molecule has 2 atom stereocenters. The number of piperidine rings is 1. The quantitative estimate of drug-likeness (QED) is 0.890. The smallest absolute Gasteiger partial charge is 0.308 e. The molecule has 20 heavy (non-hydrogen) atoms. The average Bonchev–Trinajstić information content (AvgIpc) is 2.73. The molecule has 1 aliphatic heterocycles. The molecule has 112 valence electrons. The fourth-order valence-corrected chi connectivity index (χ4v) is 4.33. The summed E-state index contributed by atoms with van der Waals surface area (Å²) in [6.07, 6.45) is 1.06. The summed E-state index contributed by atoms with van der Waals surface area (Å²) in [5.41, 5.74) is 0.340. The van der Waals surface area contributed by atoms with Crippen LogP contribution in [-0.4, -0.2) is 41.5 Å². The summed E-state index contributed by atoms with van der Waals surface area (Å²) in [6, 6.07) is 1.03. The normalized spacial score (nSPS) is 24.7. The van der Waals surface area contributed by atoms with E-state index in [9.17, 15) is 13.2 Å². The van der Waals surface area contributed by atoms with Crippen LogP contribution in [0.1, 0.15) is 31.2 Å². The van der Waals surface area contributed by atoms with Crippen molar-refractivity contribution in [2.45, 2.75) is 38.5 Å². The van der Waals surface area contributed by atoms with Crippen LogP contribution >= 0.6 is 0 Å². The van der Waals surface area contributed by atoms with E-state index in [4.69, 9.17) is 9.63 Å². The van der Waals surface area contributed by atoms with E-state index in [0.717, 1.165) is 0 Å². The summed E-state index contributed by atoms with van der Waals surface area (Å²) in [7, 11) is -3.59. The SMILES string of the molecule is Cc1cc(CS(=O)(=O)N2CCC[C@@H](C(=O)O)[C@H]2C)no1. The highest BCUT2D eigenvalue weighted by Gasteiger charge is 2.39. The van der Waals surface area contributed by atoms with Gasteiger partial charge in [0.2, 0.25) is 10.0 Å². The Hall–Kier alpha value is -1.41. The molecule has 2 rings (SSSR count). The second-order valence-electron chi connectivity index (χ2n) is 5.12. The van der Waals surface area contributed by atoms with Gasteiger partial charge in [0.25, 0.3) is 0 Å². The van der Waals surface area contributed by atoms with Gasteiger partial charge in [-0.3, -0.25) is 4.79 Å². The molecule has 1 aromatic rings. The van der Waals surface area contributed by atoms with Crippen molar-refractivity contribution in [1.82, 2.24) is 9.46 Å². The van der Waals surface area contributed by atoms with Crippen molar-refractivity contribution in [3.05, 3.63) is 17.5 Å². The predicted molar refractivity (Wildman–Crippen MR) is 70.4 cm³/mol. The van der Waals surface area contributed by atoms with Crippen molar-refractivity contribution < 1.29 is 22.8 Å². The Balaban J connectivity index is 2.18. The number of aliphatic carboxylic acids is 1. The van der Waals surface area contributed by atoms with Crippen LogP contribution in [0.3, 0.4) is 0 Å². The van der Waals surface area contributed by atoms with Crippen molar-refractivity contribution >= 4 is 16.0 Å². The van der Waals surface area contributed by atoms with Crippen LogP contribution in [0.25, 0.3) is 0 Å². The molecule has 2 heterocycles. The third-order valence-corrected chi connectivity index (χ3v) is 5.50. The Labute approximate surface area is 117 Å². The van der Waals surface area contributed by atoms with Gasteiger partial charge in [0.05, 0.1) is 5.92 Å². The van der Waals surface area contributed by atoms with Crippen LogP contribution in [0, 0.1) is 12.8 Å². The monoisotopic (exact) mass is 302 g/mol. The van der Waals surface area contributed by atoms with Gasteiger partial charge < -0.3 is 9.63 Å². The van der Waals surface area contributed by atoms with Crippen LogP contribution in [0.5, 0.6) is 0 Å². The number of nitrogens with zero attached hydrogens (tertiary/aromatic N) is 2. The Bertz CT molecular complexity index is 595. The van der Waals surface area contributed by atoms with Gasteiger partial charge in [-0.15, -0.1) is 0 Å². The van der Waals surface area contributed by atoms with Gasteiger partial charge in [-0.05, 0) is 26.7 Å². The minimum Gasteiger partial charge on any atom is -0.481 e. The zero-order chi connectivity index (χ0) is 14.9.